The van der Waals surface area contributed by atoms with E-state index in [4.69, 9.17) is 9.47 Å². The number of aromatic nitrogens is 3. The van der Waals surface area contributed by atoms with E-state index in [-0.39, 0.29) is 22.6 Å². The first-order valence-electron chi connectivity index (χ1n) is 10.6. The van der Waals surface area contributed by atoms with E-state index in [0.29, 0.717) is 23.5 Å². The van der Waals surface area contributed by atoms with Crippen LogP contribution in [0.15, 0.2) is 70.8 Å². The number of ether oxygens (including phenoxy) is 2. The van der Waals surface area contributed by atoms with E-state index in [1.54, 1.807) is 12.2 Å². The van der Waals surface area contributed by atoms with Crippen LogP contribution in [0.25, 0.3) is 11.0 Å². The molecular weight excluding hydrogens is 438 g/mol. The highest BCUT2D eigenvalue weighted by molar-refractivity contribution is 7.15. The lowest BCUT2D eigenvalue weighted by molar-refractivity contribution is 0.317. The molecule has 0 fully saturated rings. The third-order valence-corrected chi connectivity index (χ3v) is 5.72. The minimum absolute atomic E-state index is 0.222. The van der Waals surface area contributed by atoms with Crippen LogP contribution in [0.1, 0.15) is 30.2 Å². The molecule has 0 spiro atoms. The summed E-state index contributed by atoms with van der Waals surface area (Å²) >= 11 is 1.14. The second-order valence-corrected chi connectivity index (χ2v) is 8.32. The average molecular weight is 462 g/mol. The summed E-state index contributed by atoms with van der Waals surface area (Å²) in [6.07, 6.45) is 4.64. The normalized spacial score (nSPS) is 11.6. The van der Waals surface area contributed by atoms with Crippen molar-refractivity contribution in [3.8, 4) is 11.5 Å². The Morgan fingerprint density at radius 3 is 2.42 bits per heavy atom. The maximum Gasteiger partial charge on any atom is 0.296 e. The van der Waals surface area contributed by atoms with E-state index in [0.717, 1.165) is 34.6 Å². The number of hydrogen-bond acceptors (Lipinski definition) is 7. The van der Waals surface area contributed by atoms with Crippen LogP contribution in [0.4, 0.5) is 0 Å². The van der Waals surface area contributed by atoms with E-state index in [9.17, 15) is 9.59 Å². The molecule has 0 radical (unpaired) electrons. The third kappa shape index (κ3) is 5.35. The molecule has 0 amide bonds. The molecule has 2 aromatic heterocycles. The van der Waals surface area contributed by atoms with Crippen molar-refractivity contribution in [1.29, 1.82) is 0 Å². The molecule has 0 aliphatic heterocycles. The summed E-state index contributed by atoms with van der Waals surface area (Å²) in [5.41, 5.74) is 1.20. The monoisotopic (exact) mass is 461 g/mol. The van der Waals surface area contributed by atoms with Gasteiger partial charge in [0.05, 0.1) is 11.1 Å². The molecule has 0 aliphatic rings. The molecular formula is C25H23N3O4S. The maximum atomic E-state index is 12.9. The number of thiazole rings is 1. The Hall–Kier alpha value is -3.78. The Labute approximate surface area is 194 Å². The molecule has 0 N–H and O–H groups in total. The Balaban J connectivity index is 1.60. The number of benzene rings is 2. The third-order valence-electron chi connectivity index (χ3n) is 4.76. The van der Waals surface area contributed by atoms with Crippen molar-refractivity contribution >= 4 is 22.4 Å². The molecule has 0 atom stereocenters. The van der Waals surface area contributed by atoms with Crippen molar-refractivity contribution in [2.24, 2.45) is 0 Å². The zero-order chi connectivity index (χ0) is 23.2. The average Bonchev–Trinajstić information content (AvgIpc) is 3.12. The van der Waals surface area contributed by atoms with Crippen molar-refractivity contribution in [2.45, 2.75) is 19.8 Å². The van der Waals surface area contributed by atoms with Gasteiger partial charge in [-0.1, -0.05) is 55.2 Å². The molecule has 7 nitrogen and oxygen atoms in total. The summed E-state index contributed by atoms with van der Waals surface area (Å²) in [7, 11) is 0. The minimum atomic E-state index is -0.433. The van der Waals surface area contributed by atoms with Gasteiger partial charge in [0.25, 0.3) is 11.1 Å². The quantitative estimate of drug-likeness (QED) is 0.357. The number of fused-ring (bicyclic) bond motifs is 1. The van der Waals surface area contributed by atoms with Crippen molar-refractivity contribution in [1.82, 2.24) is 14.6 Å². The summed E-state index contributed by atoms with van der Waals surface area (Å²) < 4.78 is 12.7. The van der Waals surface area contributed by atoms with Gasteiger partial charge in [-0.3, -0.25) is 9.59 Å². The van der Waals surface area contributed by atoms with Crippen LogP contribution in [0, 0.1) is 0 Å². The summed E-state index contributed by atoms with van der Waals surface area (Å²) in [6.45, 7) is 6.75. The van der Waals surface area contributed by atoms with Crippen LogP contribution in [-0.2, 0) is 6.42 Å². The molecule has 0 aliphatic carbocycles. The molecule has 168 valence electrons. The fourth-order valence-electron chi connectivity index (χ4n) is 3.14. The van der Waals surface area contributed by atoms with Crippen LogP contribution in [0.5, 0.6) is 11.5 Å². The topological polar surface area (TPSA) is 82.8 Å². The van der Waals surface area contributed by atoms with E-state index in [1.165, 1.54) is 4.52 Å². The Bertz CT molecular complexity index is 1420. The summed E-state index contributed by atoms with van der Waals surface area (Å²) in [5.74, 6) is 1.49. The molecule has 0 saturated heterocycles. The van der Waals surface area contributed by atoms with E-state index in [2.05, 4.69) is 16.7 Å². The Morgan fingerprint density at radius 1 is 1.03 bits per heavy atom. The molecule has 0 unspecified atom stereocenters. The van der Waals surface area contributed by atoms with Crippen molar-refractivity contribution in [3.05, 3.63) is 103 Å². The molecule has 8 heteroatoms. The standard InChI is InChI=1S/C25H23N3O4S/c1-3-13-31-19-9-5-17(6-10-19)15-21-23(29)26-25-28(27-21)24(30)22(33-25)16-18-7-11-20(12-8-18)32-14-4-2/h4-12,16H,2-3,13-15H2,1H3/b22-16+. The number of nitrogens with zero attached hydrogens (tertiary/aromatic N) is 3. The molecule has 2 aromatic carbocycles. The van der Waals surface area contributed by atoms with Gasteiger partial charge in [0.2, 0.25) is 4.96 Å². The van der Waals surface area contributed by atoms with E-state index in [1.807, 2.05) is 55.5 Å². The largest absolute Gasteiger partial charge is 0.494 e. The van der Waals surface area contributed by atoms with Gasteiger partial charge in [-0.2, -0.15) is 14.6 Å². The predicted octanol–water partition coefficient (Wildman–Crippen LogP) is 3.00. The van der Waals surface area contributed by atoms with Crippen LogP contribution >= 0.6 is 11.3 Å². The number of hydrogen-bond donors (Lipinski definition) is 0. The Morgan fingerprint density at radius 2 is 1.73 bits per heavy atom. The van der Waals surface area contributed by atoms with Crippen LogP contribution in [0.3, 0.4) is 0 Å². The van der Waals surface area contributed by atoms with Crippen molar-refractivity contribution in [3.63, 3.8) is 0 Å². The lowest BCUT2D eigenvalue weighted by Crippen LogP contribution is -2.28. The fraction of sp³-hybridized carbons (Fsp3) is 0.200. The van der Waals surface area contributed by atoms with Gasteiger partial charge in [0, 0.05) is 6.42 Å². The highest BCUT2D eigenvalue weighted by Gasteiger charge is 2.12. The summed E-state index contributed by atoms with van der Waals surface area (Å²) in [5, 5.41) is 4.31. The summed E-state index contributed by atoms with van der Waals surface area (Å²) in [4.78, 5) is 29.8. The van der Waals surface area contributed by atoms with Gasteiger partial charge in [0.15, 0.2) is 0 Å². The molecule has 2 heterocycles. The Kier molecular flexibility index (Phi) is 6.95. The fourth-order valence-corrected chi connectivity index (χ4v) is 4.04. The maximum absolute atomic E-state index is 12.9. The first kappa shape index (κ1) is 22.4. The van der Waals surface area contributed by atoms with Gasteiger partial charge in [-0.15, -0.1) is 0 Å². The number of rotatable bonds is 9. The highest BCUT2D eigenvalue weighted by Crippen LogP contribution is 2.15. The predicted molar refractivity (Wildman–Crippen MR) is 129 cm³/mol. The van der Waals surface area contributed by atoms with Crippen LogP contribution < -0.4 is 25.1 Å². The summed E-state index contributed by atoms with van der Waals surface area (Å²) in [6, 6.07) is 14.8. The van der Waals surface area contributed by atoms with Gasteiger partial charge in [-0.05, 0) is 47.9 Å². The smallest absolute Gasteiger partial charge is 0.296 e. The SMILES string of the molecule is C=CCOc1ccc(/C=c2/sc3nc(=O)c(Cc4ccc(OCCC)cc4)nn3c2=O)cc1. The minimum Gasteiger partial charge on any atom is -0.494 e. The second-order valence-electron chi connectivity index (χ2n) is 7.31. The zero-order valence-corrected chi connectivity index (χ0v) is 19.0. The molecule has 4 rings (SSSR count). The first-order valence-corrected chi connectivity index (χ1v) is 11.4. The van der Waals surface area contributed by atoms with Gasteiger partial charge >= 0.3 is 0 Å². The lowest BCUT2D eigenvalue weighted by atomic mass is 10.1. The van der Waals surface area contributed by atoms with Crippen LogP contribution in [0.2, 0.25) is 0 Å². The van der Waals surface area contributed by atoms with Crippen molar-refractivity contribution in [2.75, 3.05) is 13.2 Å². The molecule has 33 heavy (non-hydrogen) atoms. The van der Waals surface area contributed by atoms with E-state index < -0.39 is 5.56 Å². The lowest BCUT2D eigenvalue weighted by Gasteiger charge is -2.05. The van der Waals surface area contributed by atoms with Gasteiger partial charge < -0.3 is 9.47 Å². The van der Waals surface area contributed by atoms with Gasteiger partial charge in [-0.25, -0.2) is 0 Å². The molecule has 0 bridgehead atoms. The van der Waals surface area contributed by atoms with Crippen LogP contribution in [-0.4, -0.2) is 27.8 Å². The zero-order valence-electron chi connectivity index (χ0n) is 18.2. The first-order chi connectivity index (χ1) is 16.1. The van der Waals surface area contributed by atoms with Gasteiger partial charge in [0.1, 0.15) is 23.8 Å². The van der Waals surface area contributed by atoms with Crippen molar-refractivity contribution < 1.29 is 9.47 Å². The second kappa shape index (κ2) is 10.2. The molecule has 4 aromatic rings. The highest BCUT2D eigenvalue weighted by atomic mass is 32.1. The van der Waals surface area contributed by atoms with E-state index >= 15 is 0 Å². The molecule has 0 saturated carbocycles.